The minimum Gasteiger partial charge on any atom is -0.305 e. The van der Waals surface area contributed by atoms with Crippen LogP contribution in [0.1, 0.15) is 54.1 Å². The molecule has 0 saturated heterocycles. The second-order valence-corrected chi connectivity index (χ2v) is 6.35. The van der Waals surface area contributed by atoms with Crippen LogP contribution in [0.15, 0.2) is 41.8 Å². The van der Waals surface area contributed by atoms with Gasteiger partial charge in [-0.05, 0) is 47.8 Å². The Morgan fingerprint density at radius 2 is 2.00 bits per heavy atom. The normalized spacial score (nSPS) is 16.5. The van der Waals surface area contributed by atoms with E-state index in [1.165, 1.54) is 28.8 Å². The lowest BCUT2D eigenvalue weighted by atomic mass is 10.1. The van der Waals surface area contributed by atoms with E-state index in [-0.39, 0.29) is 0 Å². The van der Waals surface area contributed by atoms with E-state index in [0.717, 1.165) is 18.9 Å². The molecular weight excluding hydrogens is 250 g/mol. The first-order valence-corrected chi connectivity index (χ1v) is 8.10. The lowest BCUT2D eigenvalue weighted by Gasteiger charge is -2.15. The predicted molar refractivity (Wildman–Crippen MR) is 82.6 cm³/mol. The maximum Gasteiger partial charge on any atom is 0.0414 e. The molecule has 1 saturated carbocycles. The maximum atomic E-state index is 3.66. The van der Waals surface area contributed by atoms with E-state index >= 15 is 0 Å². The van der Waals surface area contributed by atoms with E-state index in [1.54, 1.807) is 0 Å². The zero-order valence-corrected chi connectivity index (χ0v) is 12.2. The first kappa shape index (κ1) is 12.9. The molecule has 2 heteroatoms. The number of rotatable bonds is 6. The molecule has 0 radical (unpaired) electrons. The van der Waals surface area contributed by atoms with Crippen molar-refractivity contribution in [2.45, 2.75) is 44.7 Å². The van der Waals surface area contributed by atoms with Gasteiger partial charge in [0, 0.05) is 17.5 Å². The molecule has 1 N–H and O–H groups in total. The number of benzene rings is 1. The largest absolute Gasteiger partial charge is 0.305 e. The molecule has 0 bridgehead atoms. The Labute approximate surface area is 119 Å². The molecule has 1 aromatic heterocycles. The molecule has 100 valence electrons. The third kappa shape index (κ3) is 3.26. The van der Waals surface area contributed by atoms with Crippen LogP contribution in [0.2, 0.25) is 0 Å². The summed E-state index contributed by atoms with van der Waals surface area (Å²) in [4.78, 5) is 1.44. The first-order valence-electron chi connectivity index (χ1n) is 7.22. The zero-order chi connectivity index (χ0) is 13.1. The van der Waals surface area contributed by atoms with Crippen LogP contribution in [-0.4, -0.2) is 0 Å². The summed E-state index contributed by atoms with van der Waals surface area (Å²) in [6.45, 7) is 3.20. The van der Waals surface area contributed by atoms with Crippen molar-refractivity contribution in [3.05, 3.63) is 57.8 Å². The number of hydrogen-bond acceptors (Lipinski definition) is 2. The fourth-order valence-corrected chi connectivity index (χ4v) is 3.39. The van der Waals surface area contributed by atoms with Gasteiger partial charge in [0.2, 0.25) is 0 Å². The van der Waals surface area contributed by atoms with Crippen molar-refractivity contribution in [1.29, 1.82) is 0 Å². The van der Waals surface area contributed by atoms with Crippen molar-refractivity contribution in [2.24, 2.45) is 0 Å². The summed E-state index contributed by atoms with van der Waals surface area (Å²) in [7, 11) is 0. The minimum atomic E-state index is 0.489. The molecule has 0 aliphatic heterocycles. The van der Waals surface area contributed by atoms with Gasteiger partial charge < -0.3 is 5.32 Å². The van der Waals surface area contributed by atoms with Crippen molar-refractivity contribution in [3.63, 3.8) is 0 Å². The predicted octanol–water partition coefficient (Wildman–Crippen LogP) is 4.87. The molecular formula is C17H21NS. The number of nitrogens with one attached hydrogen (secondary N) is 1. The fraction of sp³-hybridized carbons (Fsp3) is 0.412. The summed E-state index contributed by atoms with van der Waals surface area (Å²) >= 11 is 1.84. The van der Waals surface area contributed by atoms with Gasteiger partial charge in [-0.15, -0.1) is 11.3 Å². The van der Waals surface area contributed by atoms with Crippen molar-refractivity contribution < 1.29 is 0 Å². The van der Waals surface area contributed by atoms with E-state index in [9.17, 15) is 0 Å². The van der Waals surface area contributed by atoms with Crippen LogP contribution < -0.4 is 5.32 Å². The molecule has 19 heavy (non-hydrogen) atoms. The maximum absolute atomic E-state index is 3.66. The Morgan fingerprint density at radius 3 is 2.58 bits per heavy atom. The van der Waals surface area contributed by atoms with Crippen LogP contribution in [0, 0.1) is 0 Å². The van der Waals surface area contributed by atoms with Crippen molar-refractivity contribution in [1.82, 2.24) is 5.32 Å². The quantitative estimate of drug-likeness (QED) is 0.790. The Balaban J connectivity index is 1.58. The van der Waals surface area contributed by atoms with Gasteiger partial charge in [0.1, 0.15) is 0 Å². The molecule has 1 aliphatic rings. The van der Waals surface area contributed by atoms with Gasteiger partial charge in [-0.3, -0.25) is 0 Å². The molecule has 1 atom stereocenters. The van der Waals surface area contributed by atoms with Crippen LogP contribution in [0.25, 0.3) is 0 Å². The first-order chi connectivity index (χ1) is 9.36. The smallest absolute Gasteiger partial charge is 0.0414 e. The van der Waals surface area contributed by atoms with Crippen LogP contribution >= 0.6 is 11.3 Å². The van der Waals surface area contributed by atoms with Gasteiger partial charge in [0.25, 0.3) is 0 Å². The van der Waals surface area contributed by atoms with Crippen molar-refractivity contribution >= 4 is 11.3 Å². The summed E-state index contributed by atoms with van der Waals surface area (Å²) in [6.07, 6.45) is 3.91. The molecule has 1 nitrogen and oxygen atoms in total. The summed E-state index contributed by atoms with van der Waals surface area (Å²) in [5.41, 5.74) is 2.91. The lowest BCUT2D eigenvalue weighted by Crippen LogP contribution is -2.19. The van der Waals surface area contributed by atoms with Crippen molar-refractivity contribution in [2.75, 3.05) is 0 Å². The van der Waals surface area contributed by atoms with Crippen LogP contribution in [-0.2, 0) is 6.54 Å². The third-order valence-corrected chi connectivity index (χ3v) is 4.86. The van der Waals surface area contributed by atoms with E-state index in [2.05, 4.69) is 54.0 Å². The SMILES string of the molecule is CCC(NCc1ccc(C2CC2)cc1)c1cccs1. The Hall–Kier alpha value is -1.12. The van der Waals surface area contributed by atoms with Crippen LogP contribution in [0.5, 0.6) is 0 Å². The zero-order valence-electron chi connectivity index (χ0n) is 11.4. The van der Waals surface area contributed by atoms with Gasteiger partial charge in [0.15, 0.2) is 0 Å². The Kier molecular flexibility index (Phi) is 4.00. The van der Waals surface area contributed by atoms with Gasteiger partial charge in [0.05, 0.1) is 0 Å². The molecule has 0 amide bonds. The van der Waals surface area contributed by atoms with Crippen LogP contribution in [0.4, 0.5) is 0 Å². The molecule has 0 spiro atoms. The molecule has 2 aromatic rings. The Bertz CT molecular complexity index is 497. The number of hydrogen-bond donors (Lipinski definition) is 1. The summed E-state index contributed by atoms with van der Waals surface area (Å²) in [5, 5.41) is 5.82. The van der Waals surface area contributed by atoms with Crippen molar-refractivity contribution in [3.8, 4) is 0 Å². The van der Waals surface area contributed by atoms with Gasteiger partial charge in [-0.1, -0.05) is 37.3 Å². The second kappa shape index (κ2) is 5.89. The topological polar surface area (TPSA) is 12.0 Å². The molecule has 1 unspecified atom stereocenters. The van der Waals surface area contributed by atoms with Gasteiger partial charge >= 0.3 is 0 Å². The van der Waals surface area contributed by atoms with E-state index < -0.39 is 0 Å². The average molecular weight is 271 g/mol. The molecule has 3 rings (SSSR count). The van der Waals surface area contributed by atoms with Gasteiger partial charge in [-0.2, -0.15) is 0 Å². The summed E-state index contributed by atoms with van der Waals surface area (Å²) in [6, 6.07) is 14.0. The van der Waals surface area contributed by atoms with Gasteiger partial charge in [-0.25, -0.2) is 0 Å². The van der Waals surface area contributed by atoms with E-state index in [0.29, 0.717) is 6.04 Å². The third-order valence-electron chi connectivity index (χ3n) is 3.88. The van der Waals surface area contributed by atoms with E-state index in [4.69, 9.17) is 0 Å². The van der Waals surface area contributed by atoms with Crippen LogP contribution in [0.3, 0.4) is 0 Å². The van der Waals surface area contributed by atoms with E-state index in [1.807, 2.05) is 11.3 Å². The Morgan fingerprint density at radius 1 is 1.21 bits per heavy atom. The highest BCUT2D eigenvalue weighted by molar-refractivity contribution is 7.10. The molecule has 1 fully saturated rings. The summed E-state index contributed by atoms with van der Waals surface area (Å²) in [5.74, 6) is 0.858. The lowest BCUT2D eigenvalue weighted by molar-refractivity contribution is 0.526. The highest BCUT2D eigenvalue weighted by Gasteiger charge is 2.22. The molecule has 1 aliphatic carbocycles. The fourth-order valence-electron chi connectivity index (χ4n) is 2.50. The minimum absolute atomic E-state index is 0.489. The highest BCUT2D eigenvalue weighted by atomic mass is 32.1. The molecule has 1 heterocycles. The second-order valence-electron chi connectivity index (χ2n) is 5.37. The standard InChI is InChI=1S/C17H21NS/c1-2-16(17-4-3-11-19-17)18-12-13-5-7-14(8-6-13)15-9-10-15/h3-8,11,15-16,18H,2,9-10,12H2,1H3. The summed E-state index contributed by atoms with van der Waals surface area (Å²) < 4.78 is 0. The molecule has 1 aromatic carbocycles. The highest BCUT2D eigenvalue weighted by Crippen LogP contribution is 2.39. The number of thiophene rings is 1. The monoisotopic (exact) mass is 271 g/mol. The average Bonchev–Trinajstić information content (AvgIpc) is 3.16.